The Balaban J connectivity index is 1.35. The standard InChI is InChI=1S/C19H27ClN4O2/c1-19(2,3)26-18(25)24-9-12-6-14(7-13(12)10-24)21-17-15(11-4-5-11)8-16(20)22-23-17/h8,11-14H,4-7,9-10H2,1-3H3,(H,21,23)/t12-,13?,14+/m1/s1. The second kappa shape index (κ2) is 6.55. The van der Waals surface area contributed by atoms with E-state index in [2.05, 4.69) is 15.5 Å². The molecule has 26 heavy (non-hydrogen) atoms. The number of likely N-dealkylation sites (tertiary alicyclic amines) is 1. The molecule has 0 radical (unpaired) electrons. The minimum absolute atomic E-state index is 0.184. The smallest absolute Gasteiger partial charge is 0.410 e. The van der Waals surface area contributed by atoms with E-state index < -0.39 is 5.60 Å². The average Bonchev–Trinajstić information content (AvgIpc) is 3.19. The van der Waals surface area contributed by atoms with Crippen LogP contribution in [0.15, 0.2) is 6.07 Å². The fourth-order valence-electron chi connectivity index (χ4n) is 4.29. The van der Waals surface area contributed by atoms with Gasteiger partial charge in [0.15, 0.2) is 11.0 Å². The van der Waals surface area contributed by atoms with Gasteiger partial charge in [0.25, 0.3) is 0 Å². The predicted molar refractivity (Wildman–Crippen MR) is 100 cm³/mol. The van der Waals surface area contributed by atoms with Crippen LogP contribution in [-0.2, 0) is 4.74 Å². The number of fused-ring (bicyclic) bond motifs is 1. The van der Waals surface area contributed by atoms with E-state index in [4.69, 9.17) is 16.3 Å². The van der Waals surface area contributed by atoms with Gasteiger partial charge in [0, 0.05) is 24.7 Å². The van der Waals surface area contributed by atoms with Crippen LogP contribution in [0.3, 0.4) is 0 Å². The van der Waals surface area contributed by atoms with E-state index in [0.29, 0.717) is 28.9 Å². The van der Waals surface area contributed by atoms with Crippen LogP contribution in [0.1, 0.15) is 57.9 Å². The molecule has 1 aromatic rings. The molecule has 4 rings (SSSR count). The molecule has 142 valence electrons. The summed E-state index contributed by atoms with van der Waals surface area (Å²) >= 11 is 6.02. The summed E-state index contributed by atoms with van der Waals surface area (Å²) in [5, 5.41) is 12.4. The summed E-state index contributed by atoms with van der Waals surface area (Å²) in [6.45, 7) is 7.31. The Morgan fingerprint density at radius 1 is 1.23 bits per heavy atom. The van der Waals surface area contributed by atoms with E-state index in [9.17, 15) is 4.79 Å². The highest BCUT2D eigenvalue weighted by Crippen LogP contribution is 2.45. The van der Waals surface area contributed by atoms with E-state index in [-0.39, 0.29) is 6.09 Å². The van der Waals surface area contributed by atoms with Gasteiger partial charge in [-0.15, -0.1) is 10.2 Å². The summed E-state index contributed by atoms with van der Waals surface area (Å²) in [4.78, 5) is 14.1. The van der Waals surface area contributed by atoms with Gasteiger partial charge in [-0.05, 0) is 70.3 Å². The second-order valence-corrected chi connectivity index (χ2v) is 9.35. The van der Waals surface area contributed by atoms with Gasteiger partial charge >= 0.3 is 6.09 Å². The number of aromatic nitrogens is 2. The van der Waals surface area contributed by atoms with E-state index in [1.807, 2.05) is 31.7 Å². The Hall–Kier alpha value is -1.56. The zero-order chi connectivity index (χ0) is 18.5. The van der Waals surface area contributed by atoms with Gasteiger partial charge in [-0.2, -0.15) is 0 Å². The van der Waals surface area contributed by atoms with Gasteiger partial charge in [-0.1, -0.05) is 11.6 Å². The Labute approximate surface area is 159 Å². The lowest BCUT2D eigenvalue weighted by atomic mass is 10.0. The average molecular weight is 379 g/mol. The molecule has 3 aliphatic rings. The van der Waals surface area contributed by atoms with Crippen LogP contribution in [0.5, 0.6) is 0 Å². The van der Waals surface area contributed by atoms with Crippen LogP contribution in [0, 0.1) is 11.8 Å². The largest absolute Gasteiger partial charge is 0.444 e. The van der Waals surface area contributed by atoms with Crippen LogP contribution >= 0.6 is 11.6 Å². The first-order valence-electron chi connectivity index (χ1n) is 9.56. The summed E-state index contributed by atoms with van der Waals surface area (Å²) in [7, 11) is 0. The maximum Gasteiger partial charge on any atom is 0.410 e. The van der Waals surface area contributed by atoms with Gasteiger partial charge in [-0.25, -0.2) is 4.79 Å². The fourth-order valence-corrected chi connectivity index (χ4v) is 4.44. The Morgan fingerprint density at radius 3 is 2.46 bits per heavy atom. The number of ether oxygens (including phenoxy) is 1. The van der Waals surface area contributed by atoms with Crippen LogP contribution < -0.4 is 5.32 Å². The molecular weight excluding hydrogens is 352 g/mol. The number of amides is 1. The number of nitrogens with zero attached hydrogens (tertiary/aromatic N) is 3. The summed E-state index contributed by atoms with van der Waals surface area (Å²) in [6, 6.07) is 2.34. The highest BCUT2D eigenvalue weighted by Gasteiger charge is 2.43. The van der Waals surface area contributed by atoms with E-state index in [1.54, 1.807) is 0 Å². The molecular formula is C19H27ClN4O2. The molecule has 0 aromatic carbocycles. The number of anilines is 1. The SMILES string of the molecule is CC(C)(C)OC(=O)N1CC2C[C@@H](Nc3nnc(Cl)cc3C3CC3)C[C@@H]2C1. The minimum atomic E-state index is -0.439. The first kappa shape index (κ1) is 17.8. The molecule has 2 aliphatic carbocycles. The van der Waals surface area contributed by atoms with Crippen LogP contribution in [0.2, 0.25) is 5.15 Å². The van der Waals surface area contributed by atoms with Crippen LogP contribution in [0.4, 0.5) is 10.6 Å². The van der Waals surface area contributed by atoms with Crippen molar-refractivity contribution < 1.29 is 9.53 Å². The van der Waals surface area contributed by atoms with Crippen LogP contribution in [0.25, 0.3) is 0 Å². The van der Waals surface area contributed by atoms with Gasteiger partial charge in [0.1, 0.15) is 5.60 Å². The molecule has 6 nitrogen and oxygen atoms in total. The molecule has 2 heterocycles. The molecule has 3 fully saturated rings. The summed E-state index contributed by atoms with van der Waals surface area (Å²) in [5.41, 5.74) is 0.767. The zero-order valence-electron chi connectivity index (χ0n) is 15.7. The van der Waals surface area contributed by atoms with Crippen LogP contribution in [-0.4, -0.2) is 45.9 Å². The molecule has 0 bridgehead atoms. The summed E-state index contributed by atoms with van der Waals surface area (Å²) < 4.78 is 5.51. The summed E-state index contributed by atoms with van der Waals surface area (Å²) in [6.07, 6.45) is 4.34. The number of hydrogen-bond acceptors (Lipinski definition) is 5. The third kappa shape index (κ3) is 3.90. The number of rotatable bonds is 3. The highest BCUT2D eigenvalue weighted by atomic mass is 35.5. The Morgan fingerprint density at radius 2 is 1.88 bits per heavy atom. The van der Waals surface area contributed by atoms with Gasteiger partial charge < -0.3 is 15.0 Å². The van der Waals surface area contributed by atoms with Crippen molar-refractivity contribution >= 4 is 23.5 Å². The molecule has 1 amide bonds. The lowest BCUT2D eigenvalue weighted by molar-refractivity contribution is 0.0280. The maximum atomic E-state index is 12.3. The van der Waals surface area contributed by atoms with Gasteiger partial charge in [0.05, 0.1) is 0 Å². The number of carbonyl (C=O) groups excluding carboxylic acids is 1. The van der Waals surface area contributed by atoms with Crippen molar-refractivity contribution in [3.05, 3.63) is 16.8 Å². The highest BCUT2D eigenvalue weighted by molar-refractivity contribution is 6.29. The minimum Gasteiger partial charge on any atom is -0.444 e. The van der Waals surface area contributed by atoms with Crippen molar-refractivity contribution in [2.75, 3.05) is 18.4 Å². The van der Waals surface area contributed by atoms with Gasteiger partial charge in [0.2, 0.25) is 0 Å². The molecule has 1 N–H and O–H groups in total. The Bertz CT molecular complexity index is 687. The Kier molecular flexibility index (Phi) is 4.49. The number of carbonyl (C=O) groups is 1. The first-order valence-corrected chi connectivity index (χ1v) is 9.94. The molecule has 1 aliphatic heterocycles. The van der Waals surface area contributed by atoms with Crippen molar-refractivity contribution in [3.8, 4) is 0 Å². The predicted octanol–water partition coefficient (Wildman–Crippen LogP) is 4.06. The van der Waals surface area contributed by atoms with Crippen molar-refractivity contribution in [2.24, 2.45) is 11.8 Å². The maximum absolute atomic E-state index is 12.3. The number of halogens is 1. The van der Waals surface area contributed by atoms with Crippen molar-refractivity contribution in [3.63, 3.8) is 0 Å². The van der Waals surface area contributed by atoms with Crippen molar-refractivity contribution in [1.29, 1.82) is 0 Å². The molecule has 1 saturated heterocycles. The molecule has 7 heteroatoms. The monoisotopic (exact) mass is 378 g/mol. The molecule has 2 saturated carbocycles. The molecule has 0 spiro atoms. The van der Waals surface area contributed by atoms with E-state index >= 15 is 0 Å². The number of hydrogen-bond donors (Lipinski definition) is 1. The van der Waals surface area contributed by atoms with Crippen molar-refractivity contribution in [1.82, 2.24) is 15.1 Å². The zero-order valence-corrected chi connectivity index (χ0v) is 16.4. The lowest BCUT2D eigenvalue weighted by Crippen LogP contribution is -2.36. The summed E-state index contributed by atoms with van der Waals surface area (Å²) in [5.74, 6) is 2.54. The normalized spacial score (nSPS) is 28.2. The number of nitrogens with one attached hydrogen (secondary N) is 1. The third-order valence-electron chi connectivity index (χ3n) is 5.55. The van der Waals surface area contributed by atoms with Gasteiger partial charge in [-0.3, -0.25) is 0 Å². The third-order valence-corrected chi connectivity index (χ3v) is 5.74. The fraction of sp³-hybridized carbons (Fsp3) is 0.737. The first-order chi connectivity index (χ1) is 12.3. The molecule has 1 aromatic heterocycles. The van der Waals surface area contributed by atoms with E-state index in [0.717, 1.165) is 31.7 Å². The molecule has 1 unspecified atom stereocenters. The van der Waals surface area contributed by atoms with Crippen molar-refractivity contribution in [2.45, 2.75) is 64.0 Å². The van der Waals surface area contributed by atoms with E-state index in [1.165, 1.54) is 18.4 Å². The topological polar surface area (TPSA) is 67.3 Å². The lowest BCUT2D eigenvalue weighted by Gasteiger charge is -2.25. The second-order valence-electron chi connectivity index (χ2n) is 8.96. The quantitative estimate of drug-likeness (QED) is 0.858. The molecule has 3 atom stereocenters.